The third-order valence-electron chi connectivity index (χ3n) is 1.66. The first-order valence-electron chi connectivity index (χ1n) is 4.02. The molecule has 0 unspecified atom stereocenters. The molecule has 0 aliphatic carbocycles. The Morgan fingerprint density at radius 3 is 2.85 bits per heavy atom. The van der Waals surface area contributed by atoms with Crippen molar-refractivity contribution in [3.63, 3.8) is 0 Å². The summed E-state index contributed by atoms with van der Waals surface area (Å²) < 4.78 is 0. The van der Waals surface area contributed by atoms with Gasteiger partial charge in [-0.1, -0.05) is 0 Å². The average Bonchev–Trinajstić information content (AvgIpc) is 2.08. The fourth-order valence-electron chi connectivity index (χ4n) is 1.06. The Labute approximate surface area is 76.4 Å². The summed E-state index contributed by atoms with van der Waals surface area (Å²) in [6, 6.07) is 4.87. The standard InChI is InChI=1S/C9H12N2O2/c1-2-11-6-3-4-8(10)7(5-6)9(12)13/h3-5,11H,2,10H2,1H3,(H,12,13). The third kappa shape index (κ3) is 2.11. The van der Waals surface area contributed by atoms with E-state index in [1.54, 1.807) is 12.1 Å². The molecule has 4 N–H and O–H groups in total. The maximum atomic E-state index is 10.7. The van der Waals surface area contributed by atoms with Crippen molar-refractivity contribution in [2.45, 2.75) is 6.92 Å². The first-order chi connectivity index (χ1) is 6.15. The molecule has 1 aromatic carbocycles. The van der Waals surface area contributed by atoms with Gasteiger partial charge in [0, 0.05) is 17.9 Å². The summed E-state index contributed by atoms with van der Waals surface area (Å²) in [4.78, 5) is 10.7. The fourth-order valence-corrected chi connectivity index (χ4v) is 1.06. The lowest BCUT2D eigenvalue weighted by atomic mass is 10.1. The molecule has 1 rings (SSSR count). The molecule has 0 aromatic heterocycles. The summed E-state index contributed by atoms with van der Waals surface area (Å²) in [6.45, 7) is 2.69. The molecule has 0 atom stereocenters. The van der Waals surface area contributed by atoms with Crippen LogP contribution >= 0.6 is 0 Å². The van der Waals surface area contributed by atoms with Gasteiger partial charge in [-0.05, 0) is 25.1 Å². The number of benzene rings is 1. The van der Waals surface area contributed by atoms with Crippen LogP contribution < -0.4 is 11.1 Å². The summed E-state index contributed by atoms with van der Waals surface area (Å²) in [6.07, 6.45) is 0. The van der Waals surface area contributed by atoms with Crippen LogP contribution in [0, 0.1) is 0 Å². The van der Waals surface area contributed by atoms with E-state index in [1.807, 2.05) is 6.92 Å². The maximum Gasteiger partial charge on any atom is 0.337 e. The number of aromatic carboxylic acids is 1. The number of hydrogen-bond acceptors (Lipinski definition) is 3. The quantitative estimate of drug-likeness (QED) is 0.614. The highest BCUT2D eigenvalue weighted by molar-refractivity contribution is 5.94. The number of carboxylic acid groups (broad SMARTS) is 1. The van der Waals surface area contributed by atoms with Gasteiger partial charge in [0.1, 0.15) is 0 Å². The van der Waals surface area contributed by atoms with Gasteiger partial charge in [0.25, 0.3) is 0 Å². The number of nitrogens with one attached hydrogen (secondary N) is 1. The van der Waals surface area contributed by atoms with Gasteiger partial charge in [-0.15, -0.1) is 0 Å². The van der Waals surface area contributed by atoms with E-state index in [0.717, 1.165) is 12.2 Å². The second kappa shape index (κ2) is 3.80. The molecular formula is C9H12N2O2. The largest absolute Gasteiger partial charge is 0.478 e. The summed E-state index contributed by atoms with van der Waals surface area (Å²) in [7, 11) is 0. The van der Waals surface area contributed by atoms with Crippen molar-refractivity contribution in [3.05, 3.63) is 23.8 Å². The number of rotatable bonds is 3. The average molecular weight is 180 g/mol. The Bertz CT molecular complexity index is 323. The Balaban J connectivity index is 3.04. The van der Waals surface area contributed by atoms with Crippen LogP contribution in [-0.2, 0) is 0 Å². The van der Waals surface area contributed by atoms with Crippen molar-refractivity contribution in [3.8, 4) is 0 Å². The van der Waals surface area contributed by atoms with E-state index in [1.165, 1.54) is 6.07 Å². The second-order valence-electron chi connectivity index (χ2n) is 2.64. The third-order valence-corrected chi connectivity index (χ3v) is 1.66. The molecule has 1 aromatic rings. The van der Waals surface area contributed by atoms with Crippen LogP contribution in [-0.4, -0.2) is 17.6 Å². The van der Waals surface area contributed by atoms with E-state index < -0.39 is 5.97 Å². The van der Waals surface area contributed by atoms with Crippen molar-refractivity contribution < 1.29 is 9.90 Å². The monoisotopic (exact) mass is 180 g/mol. The Hall–Kier alpha value is -1.71. The Kier molecular flexibility index (Phi) is 2.74. The number of nitrogens with two attached hydrogens (primary N) is 1. The highest BCUT2D eigenvalue weighted by Crippen LogP contribution is 2.17. The van der Waals surface area contributed by atoms with Crippen LogP contribution in [0.3, 0.4) is 0 Å². The molecule has 0 bridgehead atoms. The van der Waals surface area contributed by atoms with Crippen LogP contribution in [0.15, 0.2) is 18.2 Å². The zero-order valence-electron chi connectivity index (χ0n) is 7.37. The van der Waals surface area contributed by atoms with Crippen LogP contribution in [0.25, 0.3) is 0 Å². The van der Waals surface area contributed by atoms with E-state index in [-0.39, 0.29) is 11.3 Å². The van der Waals surface area contributed by atoms with Crippen molar-refractivity contribution >= 4 is 17.3 Å². The fraction of sp³-hybridized carbons (Fsp3) is 0.222. The van der Waals surface area contributed by atoms with Crippen molar-refractivity contribution in [2.24, 2.45) is 0 Å². The topological polar surface area (TPSA) is 75.3 Å². The van der Waals surface area contributed by atoms with Crippen molar-refractivity contribution in [1.82, 2.24) is 0 Å². The highest BCUT2D eigenvalue weighted by atomic mass is 16.4. The Morgan fingerprint density at radius 2 is 2.31 bits per heavy atom. The number of hydrogen-bond donors (Lipinski definition) is 3. The molecule has 0 saturated heterocycles. The first kappa shape index (κ1) is 9.38. The van der Waals surface area contributed by atoms with E-state index in [0.29, 0.717) is 0 Å². The summed E-state index contributed by atoms with van der Waals surface area (Å²) in [5.74, 6) is -1.00. The molecule has 0 saturated carbocycles. The van der Waals surface area contributed by atoms with Crippen molar-refractivity contribution in [2.75, 3.05) is 17.6 Å². The molecule has 0 heterocycles. The number of anilines is 2. The zero-order valence-corrected chi connectivity index (χ0v) is 7.37. The normalized spacial score (nSPS) is 9.62. The van der Waals surface area contributed by atoms with Gasteiger partial charge in [0.05, 0.1) is 5.56 Å². The molecule has 0 amide bonds. The zero-order chi connectivity index (χ0) is 9.84. The minimum atomic E-state index is -1.00. The number of nitrogen functional groups attached to an aromatic ring is 1. The second-order valence-corrected chi connectivity index (χ2v) is 2.64. The molecule has 0 spiro atoms. The molecule has 0 fully saturated rings. The van der Waals surface area contributed by atoms with Gasteiger partial charge in [0.2, 0.25) is 0 Å². The molecule has 0 aliphatic rings. The van der Waals surface area contributed by atoms with Gasteiger partial charge in [-0.3, -0.25) is 0 Å². The predicted octanol–water partition coefficient (Wildman–Crippen LogP) is 1.40. The minimum absolute atomic E-state index is 0.137. The number of carboxylic acids is 1. The molecule has 0 radical (unpaired) electrons. The molecular weight excluding hydrogens is 168 g/mol. The summed E-state index contributed by atoms with van der Waals surface area (Å²) in [5, 5.41) is 11.8. The van der Waals surface area contributed by atoms with Gasteiger partial charge in [0.15, 0.2) is 0 Å². The smallest absolute Gasteiger partial charge is 0.337 e. The maximum absolute atomic E-state index is 10.7. The van der Waals surface area contributed by atoms with E-state index in [2.05, 4.69) is 5.32 Å². The van der Waals surface area contributed by atoms with Crippen LogP contribution in [0.1, 0.15) is 17.3 Å². The van der Waals surface area contributed by atoms with Gasteiger partial charge >= 0.3 is 5.97 Å². The minimum Gasteiger partial charge on any atom is -0.478 e. The molecule has 4 nitrogen and oxygen atoms in total. The molecule has 0 aliphatic heterocycles. The van der Waals surface area contributed by atoms with E-state index in [9.17, 15) is 4.79 Å². The highest BCUT2D eigenvalue weighted by Gasteiger charge is 2.07. The molecule has 13 heavy (non-hydrogen) atoms. The van der Waals surface area contributed by atoms with Gasteiger partial charge in [-0.25, -0.2) is 4.79 Å². The predicted molar refractivity (Wildman–Crippen MR) is 52.0 cm³/mol. The molecule has 70 valence electrons. The van der Waals surface area contributed by atoms with Crippen molar-refractivity contribution in [1.29, 1.82) is 0 Å². The van der Waals surface area contributed by atoms with Gasteiger partial charge < -0.3 is 16.2 Å². The lowest BCUT2D eigenvalue weighted by molar-refractivity contribution is 0.0698. The molecule has 4 heteroatoms. The van der Waals surface area contributed by atoms with Gasteiger partial charge in [-0.2, -0.15) is 0 Å². The van der Waals surface area contributed by atoms with Crippen LogP contribution in [0.4, 0.5) is 11.4 Å². The van der Waals surface area contributed by atoms with E-state index in [4.69, 9.17) is 10.8 Å². The van der Waals surface area contributed by atoms with E-state index >= 15 is 0 Å². The number of carbonyl (C=O) groups is 1. The van der Waals surface area contributed by atoms with Crippen LogP contribution in [0.5, 0.6) is 0 Å². The Morgan fingerprint density at radius 1 is 1.62 bits per heavy atom. The van der Waals surface area contributed by atoms with Crippen LogP contribution in [0.2, 0.25) is 0 Å². The lowest BCUT2D eigenvalue weighted by Crippen LogP contribution is -2.04. The lowest BCUT2D eigenvalue weighted by Gasteiger charge is -2.05. The first-order valence-corrected chi connectivity index (χ1v) is 4.02. The SMILES string of the molecule is CCNc1ccc(N)c(C(=O)O)c1. The summed E-state index contributed by atoms with van der Waals surface area (Å²) in [5.41, 5.74) is 6.67. The summed E-state index contributed by atoms with van der Waals surface area (Å²) >= 11 is 0.